The Kier molecular flexibility index (Phi) is 3.35. The number of furan rings is 1. The van der Waals surface area contributed by atoms with Gasteiger partial charge in [0.2, 0.25) is 0 Å². The molecule has 0 saturated carbocycles. The Morgan fingerprint density at radius 3 is 2.67 bits per heavy atom. The van der Waals surface area contributed by atoms with Crippen molar-refractivity contribution in [1.29, 1.82) is 0 Å². The SMILES string of the molecule is CC(C)CC[C@@H](N)c1ccoc1. The summed E-state index contributed by atoms with van der Waals surface area (Å²) in [6, 6.07) is 2.08. The van der Waals surface area contributed by atoms with Gasteiger partial charge in [-0.3, -0.25) is 0 Å². The topological polar surface area (TPSA) is 39.2 Å². The summed E-state index contributed by atoms with van der Waals surface area (Å²) in [5.74, 6) is 0.725. The molecule has 1 aromatic heterocycles. The van der Waals surface area contributed by atoms with Crippen LogP contribution in [0.3, 0.4) is 0 Å². The first-order valence-corrected chi connectivity index (χ1v) is 4.48. The van der Waals surface area contributed by atoms with Crippen LogP contribution in [0.25, 0.3) is 0 Å². The summed E-state index contributed by atoms with van der Waals surface area (Å²) < 4.78 is 4.96. The Labute approximate surface area is 73.8 Å². The van der Waals surface area contributed by atoms with Crippen LogP contribution in [-0.4, -0.2) is 0 Å². The first kappa shape index (κ1) is 9.33. The smallest absolute Gasteiger partial charge is 0.0950 e. The molecule has 2 nitrogen and oxygen atoms in total. The van der Waals surface area contributed by atoms with Gasteiger partial charge in [-0.05, 0) is 24.8 Å². The summed E-state index contributed by atoms with van der Waals surface area (Å²) in [7, 11) is 0. The van der Waals surface area contributed by atoms with Gasteiger partial charge in [-0.25, -0.2) is 0 Å². The fourth-order valence-corrected chi connectivity index (χ4v) is 1.17. The Morgan fingerprint density at radius 1 is 1.42 bits per heavy atom. The van der Waals surface area contributed by atoms with Gasteiger partial charge in [-0.15, -0.1) is 0 Å². The summed E-state index contributed by atoms with van der Waals surface area (Å²) in [5, 5.41) is 0. The van der Waals surface area contributed by atoms with Crippen molar-refractivity contribution in [2.75, 3.05) is 0 Å². The van der Waals surface area contributed by atoms with Crippen LogP contribution in [0.2, 0.25) is 0 Å². The fraction of sp³-hybridized carbons (Fsp3) is 0.600. The molecule has 0 aliphatic carbocycles. The van der Waals surface area contributed by atoms with Crippen molar-refractivity contribution in [1.82, 2.24) is 0 Å². The van der Waals surface area contributed by atoms with Crippen LogP contribution >= 0.6 is 0 Å². The van der Waals surface area contributed by atoms with Crippen LogP contribution in [0, 0.1) is 5.92 Å². The highest BCUT2D eigenvalue weighted by Crippen LogP contribution is 2.18. The Balaban J connectivity index is 2.34. The molecular formula is C10H17NO. The van der Waals surface area contributed by atoms with Crippen LogP contribution in [0.4, 0.5) is 0 Å². The lowest BCUT2D eigenvalue weighted by atomic mass is 10.0. The molecule has 1 heterocycles. The van der Waals surface area contributed by atoms with E-state index in [1.54, 1.807) is 12.5 Å². The molecule has 0 radical (unpaired) electrons. The maximum atomic E-state index is 5.93. The molecule has 12 heavy (non-hydrogen) atoms. The monoisotopic (exact) mass is 167 g/mol. The molecule has 0 aliphatic heterocycles. The molecule has 1 atom stereocenters. The number of hydrogen-bond donors (Lipinski definition) is 1. The van der Waals surface area contributed by atoms with Crippen molar-refractivity contribution in [3.63, 3.8) is 0 Å². The summed E-state index contributed by atoms with van der Waals surface area (Å²) >= 11 is 0. The molecule has 0 amide bonds. The van der Waals surface area contributed by atoms with E-state index >= 15 is 0 Å². The average Bonchev–Trinajstić information content (AvgIpc) is 2.51. The van der Waals surface area contributed by atoms with E-state index in [-0.39, 0.29) is 6.04 Å². The second-order valence-electron chi connectivity index (χ2n) is 3.63. The largest absolute Gasteiger partial charge is 0.472 e. The van der Waals surface area contributed by atoms with E-state index < -0.39 is 0 Å². The van der Waals surface area contributed by atoms with Crippen molar-refractivity contribution < 1.29 is 4.42 Å². The van der Waals surface area contributed by atoms with Crippen molar-refractivity contribution >= 4 is 0 Å². The lowest BCUT2D eigenvalue weighted by Gasteiger charge is -2.10. The molecule has 0 aromatic carbocycles. The molecule has 1 rings (SSSR count). The molecule has 0 fully saturated rings. The van der Waals surface area contributed by atoms with Crippen LogP contribution < -0.4 is 5.73 Å². The van der Waals surface area contributed by atoms with Gasteiger partial charge in [0, 0.05) is 11.6 Å². The third kappa shape index (κ3) is 2.70. The van der Waals surface area contributed by atoms with Crippen LogP contribution in [0.15, 0.2) is 23.0 Å². The van der Waals surface area contributed by atoms with E-state index in [9.17, 15) is 0 Å². The predicted molar refractivity (Wildman–Crippen MR) is 49.7 cm³/mol. The van der Waals surface area contributed by atoms with Crippen LogP contribution in [0.5, 0.6) is 0 Å². The summed E-state index contributed by atoms with van der Waals surface area (Å²) in [5.41, 5.74) is 7.03. The third-order valence-electron chi connectivity index (χ3n) is 2.03. The second kappa shape index (κ2) is 4.31. The summed E-state index contributed by atoms with van der Waals surface area (Å²) in [6.45, 7) is 4.42. The average molecular weight is 167 g/mol. The molecule has 1 aromatic rings. The van der Waals surface area contributed by atoms with E-state index in [0.29, 0.717) is 0 Å². The molecular weight excluding hydrogens is 150 g/mol. The van der Waals surface area contributed by atoms with Gasteiger partial charge in [0.25, 0.3) is 0 Å². The lowest BCUT2D eigenvalue weighted by molar-refractivity contribution is 0.500. The molecule has 2 heteroatoms. The molecule has 0 bridgehead atoms. The first-order chi connectivity index (χ1) is 5.70. The van der Waals surface area contributed by atoms with Crippen molar-refractivity contribution in [3.8, 4) is 0 Å². The summed E-state index contributed by atoms with van der Waals surface area (Å²) in [6.07, 6.45) is 5.61. The minimum Gasteiger partial charge on any atom is -0.472 e. The number of hydrogen-bond acceptors (Lipinski definition) is 2. The van der Waals surface area contributed by atoms with E-state index in [4.69, 9.17) is 10.2 Å². The normalized spacial score (nSPS) is 13.7. The fourth-order valence-electron chi connectivity index (χ4n) is 1.17. The quantitative estimate of drug-likeness (QED) is 0.748. The minimum atomic E-state index is 0.145. The summed E-state index contributed by atoms with van der Waals surface area (Å²) in [4.78, 5) is 0. The van der Waals surface area contributed by atoms with Crippen LogP contribution in [-0.2, 0) is 0 Å². The Hall–Kier alpha value is -0.760. The molecule has 0 saturated heterocycles. The maximum Gasteiger partial charge on any atom is 0.0950 e. The Bertz CT molecular complexity index is 204. The van der Waals surface area contributed by atoms with Gasteiger partial charge in [0.05, 0.1) is 12.5 Å². The predicted octanol–water partition coefficient (Wildman–Crippen LogP) is 2.72. The number of nitrogens with two attached hydrogens (primary N) is 1. The van der Waals surface area contributed by atoms with Gasteiger partial charge >= 0.3 is 0 Å². The van der Waals surface area contributed by atoms with Crippen molar-refractivity contribution in [3.05, 3.63) is 24.2 Å². The molecule has 2 N–H and O–H groups in total. The minimum absolute atomic E-state index is 0.145. The van der Waals surface area contributed by atoms with Gasteiger partial charge in [-0.2, -0.15) is 0 Å². The van der Waals surface area contributed by atoms with E-state index in [1.807, 2.05) is 6.07 Å². The third-order valence-corrected chi connectivity index (χ3v) is 2.03. The van der Waals surface area contributed by atoms with Gasteiger partial charge in [0.15, 0.2) is 0 Å². The first-order valence-electron chi connectivity index (χ1n) is 4.48. The highest BCUT2D eigenvalue weighted by Gasteiger charge is 2.07. The van der Waals surface area contributed by atoms with E-state index in [0.717, 1.165) is 17.9 Å². The molecule has 0 aliphatic rings. The number of rotatable bonds is 4. The zero-order valence-corrected chi connectivity index (χ0v) is 7.79. The highest BCUT2D eigenvalue weighted by atomic mass is 16.3. The Morgan fingerprint density at radius 2 is 2.17 bits per heavy atom. The standard InChI is InChI=1S/C10H17NO/c1-8(2)3-4-10(11)9-5-6-12-7-9/h5-8,10H,3-4,11H2,1-2H3/t10-/m1/s1. The molecule has 0 unspecified atom stereocenters. The van der Waals surface area contributed by atoms with Gasteiger partial charge < -0.3 is 10.2 Å². The lowest BCUT2D eigenvalue weighted by Crippen LogP contribution is -2.10. The van der Waals surface area contributed by atoms with Gasteiger partial charge in [0.1, 0.15) is 0 Å². The zero-order chi connectivity index (χ0) is 8.97. The maximum absolute atomic E-state index is 5.93. The molecule has 68 valence electrons. The van der Waals surface area contributed by atoms with E-state index in [2.05, 4.69) is 13.8 Å². The van der Waals surface area contributed by atoms with E-state index in [1.165, 1.54) is 6.42 Å². The molecule has 0 spiro atoms. The highest BCUT2D eigenvalue weighted by molar-refractivity contribution is 5.10. The van der Waals surface area contributed by atoms with Crippen molar-refractivity contribution in [2.45, 2.75) is 32.7 Å². The second-order valence-corrected chi connectivity index (χ2v) is 3.63. The van der Waals surface area contributed by atoms with Gasteiger partial charge in [-0.1, -0.05) is 13.8 Å². The van der Waals surface area contributed by atoms with Crippen molar-refractivity contribution in [2.24, 2.45) is 11.7 Å². The zero-order valence-electron chi connectivity index (χ0n) is 7.79. The van der Waals surface area contributed by atoms with Crippen LogP contribution in [0.1, 0.15) is 38.3 Å².